The zero-order valence-electron chi connectivity index (χ0n) is 11.4. The highest BCUT2D eigenvalue weighted by atomic mass is 19.1. The van der Waals surface area contributed by atoms with Gasteiger partial charge in [0.05, 0.1) is 5.52 Å². The molecule has 0 saturated heterocycles. The second kappa shape index (κ2) is 5.41. The number of halogens is 1. The van der Waals surface area contributed by atoms with Crippen LogP contribution < -0.4 is 0 Å². The van der Waals surface area contributed by atoms with E-state index in [1.165, 1.54) is 5.56 Å². The van der Waals surface area contributed by atoms with Crippen molar-refractivity contribution in [2.45, 2.75) is 19.8 Å². The van der Waals surface area contributed by atoms with Crippen LogP contribution in [0.4, 0.5) is 4.39 Å². The first kappa shape index (κ1) is 12.8. The Hall–Kier alpha value is -2.22. The molecule has 0 aliphatic rings. The van der Waals surface area contributed by atoms with Crippen LogP contribution in [0.3, 0.4) is 0 Å². The third-order valence-electron chi connectivity index (χ3n) is 3.50. The lowest BCUT2D eigenvalue weighted by molar-refractivity contribution is 0.627. The molecule has 0 atom stereocenters. The molecule has 0 aliphatic carbocycles. The monoisotopic (exact) mass is 265 g/mol. The zero-order chi connectivity index (χ0) is 13.9. The average Bonchev–Trinajstić information content (AvgIpc) is 2.46. The highest BCUT2D eigenvalue weighted by molar-refractivity contribution is 5.82. The van der Waals surface area contributed by atoms with Crippen molar-refractivity contribution in [3.63, 3.8) is 0 Å². The van der Waals surface area contributed by atoms with E-state index < -0.39 is 0 Å². The summed E-state index contributed by atoms with van der Waals surface area (Å²) in [4.78, 5) is 4.56. The minimum atomic E-state index is -0.189. The van der Waals surface area contributed by atoms with Gasteiger partial charge in [0.25, 0.3) is 0 Å². The number of benzene rings is 2. The van der Waals surface area contributed by atoms with Crippen LogP contribution in [-0.2, 0) is 12.8 Å². The van der Waals surface area contributed by atoms with Crippen molar-refractivity contribution in [1.29, 1.82) is 0 Å². The van der Waals surface area contributed by atoms with Crippen molar-refractivity contribution >= 4 is 10.9 Å². The summed E-state index contributed by atoms with van der Waals surface area (Å²) in [5.41, 5.74) is 4.12. The molecule has 0 spiro atoms. The Balaban J connectivity index is 1.96. The van der Waals surface area contributed by atoms with E-state index in [0.717, 1.165) is 35.0 Å². The van der Waals surface area contributed by atoms with Crippen molar-refractivity contribution in [3.05, 3.63) is 77.2 Å². The van der Waals surface area contributed by atoms with E-state index in [1.54, 1.807) is 12.1 Å². The van der Waals surface area contributed by atoms with E-state index in [-0.39, 0.29) is 5.82 Å². The van der Waals surface area contributed by atoms with Gasteiger partial charge >= 0.3 is 0 Å². The maximum absolute atomic E-state index is 13.7. The van der Waals surface area contributed by atoms with Gasteiger partial charge in [-0.15, -0.1) is 0 Å². The topological polar surface area (TPSA) is 12.9 Å². The predicted octanol–water partition coefficient (Wildman–Crippen LogP) is 4.47. The third-order valence-corrected chi connectivity index (χ3v) is 3.50. The summed E-state index contributed by atoms with van der Waals surface area (Å²) >= 11 is 0. The summed E-state index contributed by atoms with van der Waals surface area (Å²) in [5.74, 6) is -0.189. The van der Waals surface area contributed by atoms with E-state index in [9.17, 15) is 4.39 Å². The fraction of sp³-hybridized carbons (Fsp3) is 0.167. The number of nitrogens with zero attached hydrogens (tertiary/aromatic N) is 1. The second-order valence-corrected chi connectivity index (χ2v) is 5.07. The Morgan fingerprint density at radius 2 is 1.75 bits per heavy atom. The molecule has 1 heterocycles. The molecule has 0 saturated carbocycles. The van der Waals surface area contributed by atoms with Crippen LogP contribution in [-0.4, -0.2) is 4.98 Å². The first-order chi connectivity index (χ1) is 9.72. The van der Waals surface area contributed by atoms with E-state index in [2.05, 4.69) is 17.1 Å². The van der Waals surface area contributed by atoms with Crippen LogP contribution in [0.2, 0.25) is 0 Å². The van der Waals surface area contributed by atoms with Gasteiger partial charge in [-0.25, -0.2) is 4.39 Å². The van der Waals surface area contributed by atoms with Crippen LogP contribution in [0.5, 0.6) is 0 Å². The van der Waals surface area contributed by atoms with E-state index in [0.29, 0.717) is 0 Å². The molecule has 0 unspecified atom stereocenters. The van der Waals surface area contributed by atoms with E-state index in [4.69, 9.17) is 0 Å². The van der Waals surface area contributed by atoms with Crippen molar-refractivity contribution in [2.24, 2.45) is 0 Å². The van der Waals surface area contributed by atoms with Gasteiger partial charge in [0.15, 0.2) is 0 Å². The summed E-state index contributed by atoms with van der Waals surface area (Å²) in [6.45, 7) is 1.96. The summed E-state index contributed by atoms with van der Waals surface area (Å²) in [5, 5.41) is 0.874. The molecule has 20 heavy (non-hydrogen) atoms. The maximum Gasteiger partial charge on any atom is 0.124 e. The van der Waals surface area contributed by atoms with Gasteiger partial charge in [-0.05, 0) is 49.1 Å². The smallest absolute Gasteiger partial charge is 0.124 e. The van der Waals surface area contributed by atoms with Crippen LogP contribution in [0.1, 0.15) is 16.8 Å². The molecule has 0 fully saturated rings. The number of aryl methyl sites for hydroxylation is 3. The van der Waals surface area contributed by atoms with E-state index in [1.807, 2.05) is 37.3 Å². The number of aromatic nitrogens is 1. The fourth-order valence-corrected chi connectivity index (χ4v) is 2.48. The fourth-order valence-electron chi connectivity index (χ4n) is 2.48. The lowest BCUT2D eigenvalue weighted by atomic mass is 10.0. The Bertz CT molecular complexity index is 735. The van der Waals surface area contributed by atoms with Crippen LogP contribution in [0.15, 0.2) is 54.6 Å². The van der Waals surface area contributed by atoms with Crippen molar-refractivity contribution in [2.75, 3.05) is 0 Å². The number of fused-ring (bicyclic) bond motifs is 1. The Morgan fingerprint density at radius 3 is 2.55 bits per heavy atom. The van der Waals surface area contributed by atoms with Gasteiger partial charge < -0.3 is 0 Å². The SMILES string of the molecule is Cc1ccc2cc(F)cc(CCc3ccccc3)c2n1. The van der Waals surface area contributed by atoms with Gasteiger partial charge in [-0.3, -0.25) is 4.98 Å². The Labute approximate surface area is 118 Å². The van der Waals surface area contributed by atoms with Crippen molar-refractivity contribution in [3.8, 4) is 0 Å². The zero-order valence-corrected chi connectivity index (χ0v) is 11.4. The lowest BCUT2D eigenvalue weighted by Gasteiger charge is -2.07. The highest BCUT2D eigenvalue weighted by Gasteiger charge is 2.06. The van der Waals surface area contributed by atoms with Crippen LogP contribution in [0.25, 0.3) is 10.9 Å². The highest BCUT2D eigenvalue weighted by Crippen LogP contribution is 2.21. The molecule has 0 aliphatic heterocycles. The number of pyridine rings is 1. The molecule has 3 rings (SSSR count). The Morgan fingerprint density at radius 1 is 0.950 bits per heavy atom. The van der Waals surface area contributed by atoms with Gasteiger partial charge in [0, 0.05) is 11.1 Å². The molecule has 100 valence electrons. The summed E-state index contributed by atoms with van der Waals surface area (Å²) in [6, 6.07) is 17.3. The van der Waals surface area contributed by atoms with Crippen LogP contribution >= 0.6 is 0 Å². The molecule has 0 amide bonds. The summed E-state index contributed by atoms with van der Waals surface area (Å²) < 4.78 is 13.7. The van der Waals surface area contributed by atoms with Crippen LogP contribution in [0, 0.1) is 12.7 Å². The molecular weight excluding hydrogens is 249 g/mol. The van der Waals surface area contributed by atoms with Crippen molar-refractivity contribution in [1.82, 2.24) is 4.98 Å². The molecule has 2 heteroatoms. The molecule has 2 aromatic carbocycles. The molecule has 0 N–H and O–H groups in total. The normalized spacial score (nSPS) is 10.9. The number of hydrogen-bond donors (Lipinski definition) is 0. The quantitative estimate of drug-likeness (QED) is 0.681. The molecule has 0 bridgehead atoms. The second-order valence-electron chi connectivity index (χ2n) is 5.07. The summed E-state index contributed by atoms with van der Waals surface area (Å²) in [6.07, 6.45) is 1.70. The standard InChI is InChI=1S/C18H16FN/c1-13-7-9-15-11-17(19)12-16(18(15)20-13)10-8-14-5-3-2-4-6-14/h2-7,9,11-12H,8,10H2,1H3. The first-order valence-corrected chi connectivity index (χ1v) is 6.82. The maximum atomic E-state index is 13.7. The average molecular weight is 265 g/mol. The van der Waals surface area contributed by atoms with Gasteiger partial charge in [-0.1, -0.05) is 36.4 Å². The molecule has 0 radical (unpaired) electrons. The summed E-state index contributed by atoms with van der Waals surface area (Å²) in [7, 11) is 0. The molecule has 1 aromatic heterocycles. The Kier molecular flexibility index (Phi) is 3.46. The van der Waals surface area contributed by atoms with Gasteiger partial charge in [0.1, 0.15) is 5.82 Å². The van der Waals surface area contributed by atoms with Gasteiger partial charge in [0.2, 0.25) is 0 Å². The number of rotatable bonds is 3. The van der Waals surface area contributed by atoms with E-state index >= 15 is 0 Å². The molecular formula is C18H16FN. The number of hydrogen-bond acceptors (Lipinski definition) is 1. The molecule has 1 nitrogen and oxygen atoms in total. The third kappa shape index (κ3) is 2.69. The minimum Gasteiger partial charge on any atom is -0.253 e. The van der Waals surface area contributed by atoms with Gasteiger partial charge in [-0.2, -0.15) is 0 Å². The lowest BCUT2D eigenvalue weighted by Crippen LogP contribution is -1.96. The minimum absolute atomic E-state index is 0.189. The first-order valence-electron chi connectivity index (χ1n) is 6.82. The predicted molar refractivity (Wildman–Crippen MR) is 80.3 cm³/mol. The molecule has 3 aromatic rings. The largest absolute Gasteiger partial charge is 0.253 e. The van der Waals surface area contributed by atoms with Crippen molar-refractivity contribution < 1.29 is 4.39 Å².